The van der Waals surface area contributed by atoms with Gasteiger partial charge in [-0.15, -0.1) is 0 Å². The summed E-state index contributed by atoms with van der Waals surface area (Å²) < 4.78 is 5.56. The smallest absolute Gasteiger partial charge is 0.161 e. The molecule has 0 aliphatic carbocycles. The summed E-state index contributed by atoms with van der Waals surface area (Å²) in [7, 11) is 0. The summed E-state index contributed by atoms with van der Waals surface area (Å²) >= 11 is 6.04. The highest BCUT2D eigenvalue weighted by atomic mass is 35.5. The van der Waals surface area contributed by atoms with Crippen molar-refractivity contribution in [3.05, 3.63) is 11.0 Å². The number of nitrogens with two attached hydrogens (primary N) is 1. The number of aromatic nitrogens is 2. The van der Waals surface area contributed by atoms with Crippen molar-refractivity contribution in [1.82, 2.24) is 9.97 Å². The molecule has 1 aromatic rings. The zero-order chi connectivity index (χ0) is 13.0. The van der Waals surface area contributed by atoms with Gasteiger partial charge in [-0.25, -0.2) is 9.97 Å². The van der Waals surface area contributed by atoms with Gasteiger partial charge >= 0.3 is 0 Å². The van der Waals surface area contributed by atoms with E-state index in [4.69, 9.17) is 22.1 Å². The molecule has 1 aliphatic heterocycles. The maximum atomic E-state index is 6.04. The Morgan fingerprint density at radius 3 is 3.00 bits per heavy atom. The van der Waals surface area contributed by atoms with Gasteiger partial charge in [0.15, 0.2) is 16.8 Å². The van der Waals surface area contributed by atoms with Crippen LogP contribution in [0.15, 0.2) is 0 Å². The molecule has 0 spiro atoms. The summed E-state index contributed by atoms with van der Waals surface area (Å²) in [5.41, 5.74) is 6.28. The average molecular weight is 271 g/mol. The molecule has 100 valence electrons. The Bertz CT molecular complexity index is 407. The van der Waals surface area contributed by atoms with Gasteiger partial charge in [0.05, 0.1) is 0 Å². The van der Waals surface area contributed by atoms with Crippen molar-refractivity contribution in [1.29, 1.82) is 0 Å². The monoisotopic (exact) mass is 270 g/mol. The molecule has 18 heavy (non-hydrogen) atoms. The number of nitrogens with zero attached hydrogens (tertiary/aromatic N) is 2. The molecule has 1 aliphatic rings. The molecule has 6 heteroatoms. The van der Waals surface area contributed by atoms with E-state index >= 15 is 0 Å². The van der Waals surface area contributed by atoms with Gasteiger partial charge in [0.2, 0.25) is 0 Å². The molecule has 2 rings (SSSR count). The normalized spacial score (nSPS) is 19.1. The zero-order valence-electron chi connectivity index (χ0n) is 10.6. The van der Waals surface area contributed by atoms with Crippen LogP contribution in [0.2, 0.25) is 5.15 Å². The molecular weight excluding hydrogens is 252 g/mol. The molecule has 0 radical (unpaired) electrons. The summed E-state index contributed by atoms with van der Waals surface area (Å²) in [4.78, 5) is 8.64. The van der Waals surface area contributed by atoms with Gasteiger partial charge in [-0.1, -0.05) is 24.9 Å². The standard InChI is InChI=1S/C12H19ClN4O/c1-2-3-6-15-12-9(14)10(13)16-11(17-12)8-5-4-7-18-8/h8H,2-7,14H2,1H3,(H,15,16,17). The van der Waals surface area contributed by atoms with E-state index in [1.807, 2.05) is 0 Å². The third-order valence-electron chi connectivity index (χ3n) is 2.96. The molecule has 1 atom stereocenters. The van der Waals surface area contributed by atoms with Crippen LogP contribution in [0.3, 0.4) is 0 Å². The van der Waals surface area contributed by atoms with Crippen LogP contribution in [0.5, 0.6) is 0 Å². The summed E-state index contributed by atoms with van der Waals surface area (Å²) in [6.45, 7) is 3.73. The molecule has 0 bridgehead atoms. The van der Waals surface area contributed by atoms with Crippen molar-refractivity contribution in [3.63, 3.8) is 0 Å². The van der Waals surface area contributed by atoms with Gasteiger partial charge in [-0.3, -0.25) is 0 Å². The van der Waals surface area contributed by atoms with E-state index in [1.54, 1.807) is 0 Å². The van der Waals surface area contributed by atoms with Crippen LogP contribution < -0.4 is 11.1 Å². The molecule has 1 unspecified atom stereocenters. The second-order valence-corrected chi connectivity index (χ2v) is 4.77. The van der Waals surface area contributed by atoms with E-state index in [0.29, 0.717) is 22.5 Å². The minimum atomic E-state index is -0.0465. The first kappa shape index (κ1) is 13.4. The first-order valence-electron chi connectivity index (χ1n) is 6.40. The Labute approximate surface area is 112 Å². The van der Waals surface area contributed by atoms with E-state index in [0.717, 1.165) is 38.8 Å². The van der Waals surface area contributed by atoms with Crippen LogP contribution in [-0.2, 0) is 4.74 Å². The van der Waals surface area contributed by atoms with Crippen molar-refractivity contribution >= 4 is 23.1 Å². The molecule has 0 aromatic carbocycles. The molecule has 0 amide bonds. The molecule has 3 N–H and O–H groups in total. The van der Waals surface area contributed by atoms with Crippen LogP contribution in [0.4, 0.5) is 11.5 Å². The molecular formula is C12H19ClN4O. The largest absolute Gasteiger partial charge is 0.393 e. The number of anilines is 2. The van der Waals surface area contributed by atoms with Crippen molar-refractivity contribution < 1.29 is 4.74 Å². The third kappa shape index (κ3) is 3.03. The number of hydrogen-bond donors (Lipinski definition) is 2. The topological polar surface area (TPSA) is 73.1 Å². The molecule has 5 nitrogen and oxygen atoms in total. The van der Waals surface area contributed by atoms with Crippen LogP contribution in [0.1, 0.15) is 44.5 Å². The van der Waals surface area contributed by atoms with E-state index in [9.17, 15) is 0 Å². The minimum absolute atomic E-state index is 0.0465. The second kappa shape index (κ2) is 6.20. The van der Waals surface area contributed by atoms with Gasteiger partial charge in [0, 0.05) is 13.2 Å². The number of rotatable bonds is 5. The third-order valence-corrected chi connectivity index (χ3v) is 3.24. The Morgan fingerprint density at radius 1 is 1.50 bits per heavy atom. The van der Waals surface area contributed by atoms with E-state index in [1.165, 1.54) is 0 Å². The number of unbranched alkanes of at least 4 members (excludes halogenated alkanes) is 1. The molecule has 2 heterocycles. The van der Waals surface area contributed by atoms with E-state index in [-0.39, 0.29) is 6.10 Å². The predicted molar refractivity (Wildman–Crippen MR) is 72.8 cm³/mol. The quantitative estimate of drug-likeness (QED) is 0.636. The van der Waals surface area contributed by atoms with Crippen molar-refractivity contribution in [3.8, 4) is 0 Å². The number of hydrogen-bond acceptors (Lipinski definition) is 5. The highest BCUT2D eigenvalue weighted by Gasteiger charge is 2.22. The number of nitrogens with one attached hydrogen (secondary N) is 1. The maximum Gasteiger partial charge on any atom is 0.161 e. The van der Waals surface area contributed by atoms with Crippen LogP contribution >= 0.6 is 11.6 Å². The maximum absolute atomic E-state index is 6.04. The first-order chi connectivity index (χ1) is 8.72. The van der Waals surface area contributed by atoms with Gasteiger partial charge in [-0.2, -0.15) is 0 Å². The lowest BCUT2D eigenvalue weighted by atomic mass is 10.2. The number of nitrogen functional groups attached to an aromatic ring is 1. The Hall–Kier alpha value is -1.07. The van der Waals surface area contributed by atoms with Crippen LogP contribution in [-0.4, -0.2) is 23.1 Å². The predicted octanol–water partition coefficient (Wildman–Crippen LogP) is 2.78. The van der Waals surface area contributed by atoms with Gasteiger partial charge in [0.25, 0.3) is 0 Å². The van der Waals surface area contributed by atoms with Gasteiger partial charge in [0.1, 0.15) is 11.8 Å². The minimum Gasteiger partial charge on any atom is -0.393 e. The van der Waals surface area contributed by atoms with Crippen molar-refractivity contribution in [2.24, 2.45) is 0 Å². The van der Waals surface area contributed by atoms with E-state index in [2.05, 4.69) is 22.2 Å². The second-order valence-electron chi connectivity index (χ2n) is 4.42. The Morgan fingerprint density at radius 2 is 2.33 bits per heavy atom. The number of ether oxygens (including phenoxy) is 1. The highest BCUT2D eigenvalue weighted by Crippen LogP contribution is 2.31. The highest BCUT2D eigenvalue weighted by molar-refractivity contribution is 6.32. The van der Waals surface area contributed by atoms with Crippen molar-refractivity contribution in [2.45, 2.75) is 38.7 Å². The average Bonchev–Trinajstić information content (AvgIpc) is 2.88. The van der Waals surface area contributed by atoms with Crippen molar-refractivity contribution in [2.75, 3.05) is 24.2 Å². The fourth-order valence-corrected chi connectivity index (χ4v) is 2.08. The van der Waals surface area contributed by atoms with Crippen LogP contribution in [0, 0.1) is 0 Å². The molecule has 1 saturated heterocycles. The Kier molecular flexibility index (Phi) is 4.60. The fourth-order valence-electron chi connectivity index (χ4n) is 1.90. The summed E-state index contributed by atoms with van der Waals surface area (Å²) in [6.07, 6.45) is 4.11. The molecule has 0 saturated carbocycles. The summed E-state index contributed by atoms with van der Waals surface area (Å²) in [6, 6.07) is 0. The SMILES string of the molecule is CCCCNc1nc(C2CCCO2)nc(Cl)c1N. The van der Waals surface area contributed by atoms with Gasteiger partial charge in [-0.05, 0) is 19.3 Å². The van der Waals surface area contributed by atoms with Gasteiger partial charge < -0.3 is 15.8 Å². The lowest BCUT2D eigenvalue weighted by Gasteiger charge is -2.13. The first-order valence-corrected chi connectivity index (χ1v) is 6.78. The lowest BCUT2D eigenvalue weighted by Crippen LogP contribution is -2.11. The summed E-state index contributed by atoms with van der Waals surface area (Å²) in [5, 5.41) is 3.50. The van der Waals surface area contributed by atoms with E-state index < -0.39 is 0 Å². The number of halogens is 1. The Balaban J connectivity index is 2.16. The zero-order valence-corrected chi connectivity index (χ0v) is 11.3. The molecule has 1 fully saturated rings. The fraction of sp³-hybridized carbons (Fsp3) is 0.667. The molecule has 1 aromatic heterocycles. The van der Waals surface area contributed by atoms with Crippen LogP contribution in [0.25, 0.3) is 0 Å². The summed E-state index contributed by atoms with van der Waals surface area (Å²) in [5.74, 6) is 1.25. The lowest BCUT2D eigenvalue weighted by molar-refractivity contribution is 0.105.